The van der Waals surface area contributed by atoms with Crippen molar-refractivity contribution in [3.8, 4) is 0 Å². The summed E-state index contributed by atoms with van der Waals surface area (Å²) in [6, 6.07) is 2.64. The van der Waals surface area contributed by atoms with Crippen LogP contribution in [0.2, 0.25) is 0 Å². The molecule has 2 rings (SSSR count). The first-order chi connectivity index (χ1) is 9.90. The van der Waals surface area contributed by atoms with E-state index in [4.69, 9.17) is 0 Å². The van der Waals surface area contributed by atoms with Crippen LogP contribution in [0.3, 0.4) is 0 Å². The van der Waals surface area contributed by atoms with Crippen LogP contribution >= 0.6 is 11.8 Å². The molecule has 0 bridgehead atoms. The van der Waals surface area contributed by atoms with Gasteiger partial charge in [0.25, 0.3) is 0 Å². The maximum atomic E-state index is 12.4. The van der Waals surface area contributed by atoms with Crippen molar-refractivity contribution in [2.45, 2.75) is 76.5 Å². The van der Waals surface area contributed by atoms with Crippen LogP contribution in [0.15, 0.2) is 11.0 Å². The molecule has 0 heterocycles. The van der Waals surface area contributed by atoms with Gasteiger partial charge in [-0.25, -0.2) is 0 Å². The minimum atomic E-state index is -0.0378. The topological polar surface area (TPSA) is 29.1 Å². The largest absolute Gasteiger partial charge is 0.352 e. The average Bonchev–Trinajstić information content (AvgIpc) is 2.94. The Morgan fingerprint density at radius 2 is 1.67 bits per heavy atom. The Kier molecular flexibility index (Phi) is 5.37. The highest BCUT2D eigenvalue weighted by molar-refractivity contribution is 8.00. The lowest BCUT2D eigenvalue weighted by Crippen LogP contribution is -2.37. The van der Waals surface area contributed by atoms with E-state index in [0.29, 0.717) is 6.04 Å². The summed E-state index contributed by atoms with van der Waals surface area (Å²) in [6.07, 6.45) is 4.79. The Morgan fingerprint density at radius 1 is 1.14 bits per heavy atom. The minimum absolute atomic E-state index is 0.0378. The lowest BCUT2D eigenvalue weighted by Gasteiger charge is -2.20. The van der Waals surface area contributed by atoms with E-state index in [1.807, 2.05) is 6.92 Å². The van der Waals surface area contributed by atoms with E-state index in [-0.39, 0.29) is 11.2 Å². The average molecular weight is 305 g/mol. The van der Waals surface area contributed by atoms with Gasteiger partial charge in [-0.05, 0) is 69.7 Å². The summed E-state index contributed by atoms with van der Waals surface area (Å²) in [7, 11) is 0. The quantitative estimate of drug-likeness (QED) is 0.832. The third kappa shape index (κ3) is 3.82. The zero-order valence-corrected chi connectivity index (χ0v) is 14.7. The molecule has 21 heavy (non-hydrogen) atoms. The van der Waals surface area contributed by atoms with Crippen molar-refractivity contribution < 1.29 is 4.79 Å². The Morgan fingerprint density at radius 3 is 2.19 bits per heavy atom. The van der Waals surface area contributed by atoms with Crippen molar-refractivity contribution in [1.29, 1.82) is 0 Å². The number of nitrogens with one attached hydrogen (secondary N) is 1. The number of thioether (sulfide) groups is 1. The van der Waals surface area contributed by atoms with E-state index >= 15 is 0 Å². The van der Waals surface area contributed by atoms with E-state index in [9.17, 15) is 4.79 Å². The minimum Gasteiger partial charge on any atom is -0.352 e. The SMILES string of the molecule is Cc1cc(C)c(C)c(SC(C)C(=O)NC2CCCC2)c1C. The zero-order valence-electron chi connectivity index (χ0n) is 13.9. The lowest BCUT2D eigenvalue weighted by atomic mass is 10.0. The Labute approximate surface area is 133 Å². The van der Waals surface area contributed by atoms with Crippen LogP contribution in [0.5, 0.6) is 0 Å². The van der Waals surface area contributed by atoms with Gasteiger partial charge in [-0.15, -0.1) is 11.8 Å². The van der Waals surface area contributed by atoms with Gasteiger partial charge in [0.05, 0.1) is 5.25 Å². The Hall–Kier alpha value is -0.960. The number of hydrogen-bond acceptors (Lipinski definition) is 2. The molecule has 0 saturated heterocycles. The highest BCUT2D eigenvalue weighted by Gasteiger charge is 2.22. The molecule has 1 unspecified atom stereocenters. The highest BCUT2D eigenvalue weighted by atomic mass is 32.2. The molecule has 0 aliphatic heterocycles. The molecule has 116 valence electrons. The van der Waals surface area contributed by atoms with Crippen LogP contribution in [-0.4, -0.2) is 17.2 Å². The second-order valence-electron chi connectivity index (χ2n) is 6.34. The zero-order chi connectivity index (χ0) is 15.6. The molecular formula is C18H27NOS. The van der Waals surface area contributed by atoms with E-state index in [2.05, 4.69) is 39.1 Å². The second-order valence-corrected chi connectivity index (χ2v) is 7.69. The number of benzene rings is 1. The second kappa shape index (κ2) is 6.87. The summed E-state index contributed by atoms with van der Waals surface area (Å²) in [5, 5.41) is 3.17. The molecule has 1 fully saturated rings. The molecule has 1 atom stereocenters. The molecule has 1 aliphatic rings. The fourth-order valence-electron chi connectivity index (χ4n) is 2.98. The van der Waals surface area contributed by atoms with Crippen molar-refractivity contribution in [1.82, 2.24) is 5.32 Å². The van der Waals surface area contributed by atoms with Crippen molar-refractivity contribution in [2.24, 2.45) is 0 Å². The molecule has 1 aromatic carbocycles. The van der Waals surface area contributed by atoms with Crippen LogP contribution in [-0.2, 0) is 4.79 Å². The number of aryl methyl sites for hydroxylation is 2. The molecule has 1 saturated carbocycles. The number of hydrogen-bond donors (Lipinski definition) is 1. The van der Waals surface area contributed by atoms with Gasteiger partial charge in [-0.1, -0.05) is 18.9 Å². The van der Waals surface area contributed by atoms with Crippen molar-refractivity contribution in [2.75, 3.05) is 0 Å². The summed E-state index contributed by atoms with van der Waals surface area (Å²) in [6.45, 7) is 10.6. The maximum Gasteiger partial charge on any atom is 0.233 e. The van der Waals surface area contributed by atoms with Gasteiger partial charge in [0.2, 0.25) is 5.91 Å². The van der Waals surface area contributed by atoms with Gasteiger partial charge >= 0.3 is 0 Å². The molecular weight excluding hydrogens is 278 g/mol. The van der Waals surface area contributed by atoms with Crippen LogP contribution in [0.4, 0.5) is 0 Å². The monoisotopic (exact) mass is 305 g/mol. The first-order valence-electron chi connectivity index (χ1n) is 7.94. The van der Waals surface area contributed by atoms with E-state index in [1.165, 1.54) is 40.0 Å². The first kappa shape index (κ1) is 16.4. The summed E-state index contributed by atoms with van der Waals surface area (Å²) in [5.41, 5.74) is 5.24. The Balaban J connectivity index is 2.08. The normalized spacial score (nSPS) is 17.0. The molecule has 0 aromatic heterocycles. The van der Waals surface area contributed by atoms with Gasteiger partial charge < -0.3 is 5.32 Å². The fourth-order valence-corrected chi connectivity index (χ4v) is 4.18. The third-order valence-electron chi connectivity index (χ3n) is 4.66. The molecule has 0 spiro atoms. The number of rotatable bonds is 4. The van der Waals surface area contributed by atoms with E-state index < -0.39 is 0 Å². The molecule has 2 nitrogen and oxygen atoms in total. The summed E-state index contributed by atoms with van der Waals surface area (Å²) >= 11 is 1.70. The predicted octanol–water partition coefficient (Wildman–Crippen LogP) is 4.46. The third-order valence-corrected chi connectivity index (χ3v) is 6.08. The summed E-state index contributed by atoms with van der Waals surface area (Å²) < 4.78 is 0. The van der Waals surface area contributed by atoms with Gasteiger partial charge in [-0.3, -0.25) is 4.79 Å². The molecule has 1 aliphatic carbocycles. The molecule has 1 N–H and O–H groups in total. The maximum absolute atomic E-state index is 12.4. The van der Waals surface area contributed by atoms with Gasteiger partial charge in [0, 0.05) is 10.9 Å². The molecule has 1 amide bonds. The Bertz CT molecular complexity index is 506. The van der Waals surface area contributed by atoms with E-state index in [0.717, 1.165) is 12.8 Å². The molecule has 3 heteroatoms. The van der Waals surface area contributed by atoms with E-state index in [1.54, 1.807) is 11.8 Å². The van der Waals surface area contributed by atoms with Gasteiger partial charge in [0.1, 0.15) is 0 Å². The molecule has 0 radical (unpaired) electrons. The van der Waals surface area contributed by atoms with Crippen LogP contribution in [0, 0.1) is 27.7 Å². The smallest absolute Gasteiger partial charge is 0.233 e. The standard InChI is InChI=1S/C18H27NOS/c1-11-10-12(2)14(4)17(13(11)3)21-15(5)18(20)19-16-8-6-7-9-16/h10,15-16H,6-9H2,1-5H3,(H,19,20). The molecule has 1 aromatic rings. The van der Waals surface area contributed by atoms with Crippen molar-refractivity contribution in [3.63, 3.8) is 0 Å². The van der Waals surface area contributed by atoms with Crippen LogP contribution < -0.4 is 5.32 Å². The van der Waals surface area contributed by atoms with Crippen LogP contribution in [0.1, 0.15) is 54.9 Å². The van der Waals surface area contributed by atoms with Gasteiger partial charge in [0.15, 0.2) is 0 Å². The number of carbonyl (C=O) groups excluding carboxylic acids is 1. The summed E-state index contributed by atoms with van der Waals surface area (Å²) in [4.78, 5) is 13.6. The fraction of sp³-hybridized carbons (Fsp3) is 0.611. The highest BCUT2D eigenvalue weighted by Crippen LogP contribution is 2.33. The van der Waals surface area contributed by atoms with Crippen LogP contribution in [0.25, 0.3) is 0 Å². The van der Waals surface area contributed by atoms with Gasteiger partial charge in [-0.2, -0.15) is 0 Å². The lowest BCUT2D eigenvalue weighted by molar-refractivity contribution is -0.120. The summed E-state index contributed by atoms with van der Waals surface area (Å²) in [5.74, 6) is 0.185. The predicted molar refractivity (Wildman–Crippen MR) is 91.1 cm³/mol. The van der Waals surface area contributed by atoms with Crippen molar-refractivity contribution >= 4 is 17.7 Å². The number of carbonyl (C=O) groups is 1. The van der Waals surface area contributed by atoms with Crippen molar-refractivity contribution in [3.05, 3.63) is 28.3 Å². The first-order valence-corrected chi connectivity index (χ1v) is 8.82. The number of amides is 1.